The number of carbonyl (C=O) groups excluding carboxylic acids is 1. The molecule has 3 aromatic heterocycles. The largest absolute Gasteiger partial charge is 0.342 e. The van der Waals surface area contributed by atoms with Gasteiger partial charge in [-0.3, -0.25) is 9.48 Å². The van der Waals surface area contributed by atoms with E-state index in [1.807, 2.05) is 26.5 Å². The van der Waals surface area contributed by atoms with Crippen LogP contribution in [-0.4, -0.2) is 48.9 Å². The van der Waals surface area contributed by atoms with Crippen LogP contribution in [0.15, 0.2) is 28.0 Å². The zero-order valence-electron chi connectivity index (χ0n) is 12.9. The molecule has 124 valence electrons. The van der Waals surface area contributed by atoms with Crippen molar-refractivity contribution < 1.29 is 4.79 Å². The van der Waals surface area contributed by atoms with E-state index < -0.39 is 0 Å². The lowest BCUT2D eigenvalue weighted by Crippen LogP contribution is -2.30. The van der Waals surface area contributed by atoms with E-state index in [-0.39, 0.29) is 5.91 Å². The number of aromatic nitrogens is 5. The third kappa shape index (κ3) is 3.36. The smallest absolute Gasteiger partial charge is 0.228 e. The number of amides is 1. The van der Waals surface area contributed by atoms with Crippen molar-refractivity contribution in [3.8, 4) is 11.4 Å². The highest BCUT2D eigenvalue weighted by Gasteiger charge is 2.27. The van der Waals surface area contributed by atoms with Crippen molar-refractivity contribution >= 4 is 28.6 Å². The van der Waals surface area contributed by atoms with Crippen LogP contribution in [-0.2, 0) is 17.8 Å². The van der Waals surface area contributed by atoms with E-state index >= 15 is 0 Å². The van der Waals surface area contributed by atoms with E-state index in [4.69, 9.17) is 0 Å². The lowest BCUT2D eigenvalue weighted by atomic mass is 10.1. The highest BCUT2D eigenvalue weighted by Crippen LogP contribution is 2.21. The van der Waals surface area contributed by atoms with Gasteiger partial charge in [0.2, 0.25) is 5.91 Å². The van der Waals surface area contributed by atoms with Crippen LogP contribution in [0.3, 0.4) is 0 Å². The average Bonchev–Trinajstić information content (AvgIpc) is 3.36. The summed E-state index contributed by atoms with van der Waals surface area (Å²) in [4.78, 5) is 22.7. The summed E-state index contributed by atoms with van der Waals surface area (Å²) >= 11 is 3.07. The van der Waals surface area contributed by atoms with Gasteiger partial charge in [0.05, 0.1) is 29.3 Å². The molecular weight excluding hydrogens is 344 g/mol. The molecule has 1 atom stereocenters. The highest BCUT2D eigenvalue weighted by atomic mass is 32.1. The van der Waals surface area contributed by atoms with Crippen LogP contribution in [0.1, 0.15) is 12.1 Å². The van der Waals surface area contributed by atoms with Gasteiger partial charge in [-0.15, -0.1) is 27.8 Å². The summed E-state index contributed by atoms with van der Waals surface area (Å²) in [7, 11) is 0. The lowest BCUT2D eigenvalue weighted by Gasteiger charge is -2.16. The summed E-state index contributed by atoms with van der Waals surface area (Å²) in [5, 5.41) is 12.3. The number of nitrogens with zero attached hydrogens (tertiary/aromatic N) is 6. The molecule has 4 heterocycles. The Morgan fingerprint density at radius 1 is 1.21 bits per heavy atom. The molecule has 0 N–H and O–H groups in total. The maximum absolute atomic E-state index is 12.3. The minimum atomic E-state index is 0.158. The average molecular weight is 360 g/mol. The van der Waals surface area contributed by atoms with Gasteiger partial charge in [0.15, 0.2) is 0 Å². The fourth-order valence-electron chi connectivity index (χ4n) is 2.91. The van der Waals surface area contributed by atoms with E-state index in [0.717, 1.165) is 43.1 Å². The van der Waals surface area contributed by atoms with E-state index in [9.17, 15) is 4.79 Å². The van der Waals surface area contributed by atoms with Gasteiger partial charge in [-0.05, 0) is 12.3 Å². The first-order valence-electron chi connectivity index (χ1n) is 7.71. The van der Waals surface area contributed by atoms with E-state index in [1.165, 1.54) is 11.3 Å². The maximum atomic E-state index is 12.3. The predicted octanol–water partition coefficient (Wildman–Crippen LogP) is 1.95. The van der Waals surface area contributed by atoms with Crippen LogP contribution in [0.5, 0.6) is 0 Å². The molecule has 1 fully saturated rings. The molecule has 0 aromatic carbocycles. The molecule has 1 aliphatic rings. The molecule has 0 bridgehead atoms. The van der Waals surface area contributed by atoms with Gasteiger partial charge in [-0.2, -0.15) is 0 Å². The molecule has 7 nitrogen and oxygen atoms in total. The molecule has 0 spiro atoms. The van der Waals surface area contributed by atoms with Crippen molar-refractivity contribution in [2.75, 3.05) is 13.1 Å². The molecule has 0 saturated carbocycles. The second-order valence-corrected chi connectivity index (χ2v) is 7.29. The summed E-state index contributed by atoms with van der Waals surface area (Å²) in [5.41, 5.74) is 6.07. The quantitative estimate of drug-likeness (QED) is 0.695. The van der Waals surface area contributed by atoms with Gasteiger partial charge in [-0.1, -0.05) is 5.21 Å². The Kier molecular flexibility index (Phi) is 4.35. The molecule has 1 saturated heterocycles. The van der Waals surface area contributed by atoms with Crippen LogP contribution in [0.25, 0.3) is 11.4 Å². The zero-order chi connectivity index (χ0) is 16.4. The van der Waals surface area contributed by atoms with E-state index in [2.05, 4.69) is 20.3 Å². The zero-order valence-corrected chi connectivity index (χ0v) is 14.5. The summed E-state index contributed by atoms with van der Waals surface area (Å²) in [6, 6.07) is 0. The number of hydrogen-bond acceptors (Lipinski definition) is 7. The van der Waals surface area contributed by atoms with Crippen LogP contribution >= 0.6 is 22.7 Å². The topological polar surface area (TPSA) is 76.8 Å². The van der Waals surface area contributed by atoms with Crippen molar-refractivity contribution in [3.05, 3.63) is 33.7 Å². The predicted molar refractivity (Wildman–Crippen MR) is 91.6 cm³/mol. The van der Waals surface area contributed by atoms with Crippen LogP contribution in [0.2, 0.25) is 0 Å². The van der Waals surface area contributed by atoms with Crippen LogP contribution in [0, 0.1) is 5.92 Å². The normalized spacial score (nSPS) is 17.5. The minimum Gasteiger partial charge on any atom is -0.342 e. The molecule has 0 aliphatic carbocycles. The third-order valence-corrected chi connectivity index (χ3v) is 5.35. The molecule has 1 amide bonds. The van der Waals surface area contributed by atoms with Gasteiger partial charge in [0.1, 0.15) is 11.4 Å². The Labute approximate surface area is 147 Å². The summed E-state index contributed by atoms with van der Waals surface area (Å²) in [6.45, 7) is 2.35. The molecular formula is C15H16N6OS2. The Balaban J connectivity index is 1.33. The van der Waals surface area contributed by atoms with Gasteiger partial charge in [0, 0.05) is 30.4 Å². The molecule has 3 aromatic rings. The Hall–Kier alpha value is -2.13. The number of hydrogen-bond donors (Lipinski definition) is 0. The van der Waals surface area contributed by atoms with Gasteiger partial charge in [0.25, 0.3) is 0 Å². The van der Waals surface area contributed by atoms with Crippen molar-refractivity contribution in [3.63, 3.8) is 0 Å². The van der Waals surface area contributed by atoms with Crippen molar-refractivity contribution in [1.82, 2.24) is 29.9 Å². The third-order valence-electron chi connectivity index (χ3n) is 4.13. The first kappa shape index (κ1) is 15.4. The van der Waals surface area contributed by atoms with E-state index in [0.29, 0.717) is 12.3 Å². The number of thiazole rings is 2. The highest BCUT2D eigenvalue weighted by molar-refractivity contribution is 7.08. The molecule has 24 heavy (non-hydrogen) atoms. The molecule has 1 unspecified atom stereocenters. The summed E-state index contributed by atoms with van der Waals surface area (Å²) in [5.74, 6) is 0.569. The fraction of sp³-hybridized carbons (Fsp3) is 0.400. The van der Waals surface area contributed by atoms with Crippen molar-refractivity contribution in [2.24, 2.45) is 5.92 Å². The van der Waals surface area contributed by atoms with Crippen molar-refractivity contribution in [2.45, 2.75) is 19.4 Å². The van der Waals surface area contributed by atoms with Gasteiger partial charge >= 0.3 is 0 Å². The van der Waals surface area contributed by atoms with Gasteiger partial charge < -0.3 is 4.90 Å². The Morgan fingerprint density at radius 2 is 2.08 bits per heavy atom. The molecule has 9 heteroatoms. The van der Waals surface area contributed by atoms with Crippen molar-refractivity contribution in [1.29, 1.82) is 0 Å². The SMILES string of the molecule is O=C(Cc1cscn1)N1CCC(Cn2cc(-c3cscn3)nn2)C1. The standard InChI is InChI=1S/C15H16N6OS2/c22-15(3-12-7-23-9-16-12)20-2-1-11(4-20)5-21-6-13(18-19-21)14-8-24-10-17-14/h6-11H,1-5H2. The first-order chi connectivity index (χ1) is 11.8. The van der Waals surface area contributed by atoms with Crippen LogP contribution < -0.4 is 0 Å². The monoisotopic (exact) mass is 360 g/mol. The minimum absolute atomic E-state index is 0.158. The molecule has 0 radical (unpaired) electrons. The first-order valence-corrected chi connectivity index (χ1v) is 9.60. The summed E-state index contributed by atoms with van der Waals surface area (Å²) in [6.07, 6.45) is 3.32. The second kappa shape index (κ2) is 6.78. The Morgan fingerprint density at radius 3 is 2.88 bits per heavy atom. The Bertz CT molecular complexity index is 798. The fourth-order valence-corrected chi connectivity index (χ4v) is 4.01. The number of likely N-dealkylation sites (tertiary alicyclic amines) is 1. The van der Waals surface area contributed by atoms with Crippen LogP contribution in [0.4, 0.5) is 0 Å². The number of carbonyl (C=O) groups is 1. The molecule has 1 aliphatic heterocycles. The van der Waals surface area contributed by atoms with Gasteiger partial charge in [-0.25, -0.2) is 9.97 Å². The second-order valence-electron chi connectivity index (χ2n) is 5.85. The number of rotatable bonds is 5. The lowest BCUT2D eigenvalue weighted by molar-refractivity contribution is -0.129. The molecule has 4 rings (SSSR count). The van der Waals surface area contributed by atoms with E-state index in [1.54, 1.807) is 22.4 Å². The maximum Gasteiger partial charge on any atom is 0.228 e. The summed E-state index contributed by atoms with van der Waals surface area (Å²) < 4.78 is 1.85.